The van der Waals surface area contributed by atoms with E-state index in [1.807, 2.05) is 26.0 Å². The van der Waals surface area contributed by atoms with Crippen LogP contribution in [0.25, 0.3) is 6.08 Å². The maximum Gasteiger partial charge on any atom is 0.272 e. The minimum atomic E-state index is -0.576. The van der Waals surface area contributed by atoms with Crippen LogP contribution in [0, 0.1) is 6.92 Å². The Morgan fingerprint density at radius 3 is 2.43 bits per heavy atom. The van der Waals surface area contributed by atoms with Crippen molar-refractivity contribution in [3.8, 4) is 11.5 Å². The summed E-state index contributed by atoms with van der Waals surface area (Å²) >= 11 is 7.58. The van der Waals surface area contributed by atoms with Gasteiger partial charge in [-0.25, -0.2) is 0 Å². The van der Waals surface area contributed by atoms with Crippen LogP contribution in [0.5, 0.6) is 11.5 Å². The number of amides is 3. The maximum atomic E-state index is 13.5. The fourth-order valence-electron chi connectivity index (χ4n) is 4.21. The molecule has 0 radical (unpaired) electrons. The maximum absolute atomic E-state index is 13.5. The van der Waals surface area contributed by atoms with Crippen LogP contribution in [-0.4, -0.2) is 35.2 Å². The molecule has 3 amide bonds. The SMILES string of the molecule is CCC(Sc1cccc(NC(=O)/C(=C\c2ccc(O)cc2OC)NC(=O)c2ccccc2)c1)C(=O)Nc1cccc(Cl)c1C. The Balaban J connectivity index is 1.54. The molecule has 4 aromatic rings. The average Bonchev–Trinajstić information content (AvgIpc) is 3.02. The van der Waals surface area contributed by atoms with E-state index in [4.69, 9.17) is 16.3 Å². The topological polar surface area (TPSA) is 117 Å². The van der Waals surface area contributed by atoms with Gasteiger partial charge in [-0.2, -0.15) is 0 Å². The first-order valence-electron chi connectivity index (χ1n) is 13.8. The number of halogens is 1. The summed E-state index contributed by atoms with van der Waals surface area (Å²) in [5.74, 6) is -0.892. The van der Waals surface area contributed by atoms with Gasteiger partial charge in [0.1, 0.15) is 17.2 Å². The number of thioether (sulfide) groups is 1. The Labute approximate surface area is 265 Å². The molecule has 4 N–H and O–H groups in total. The van der Waals surface area contributed by atoms with E-state index >= 15 is 0 Å². The molecular weight excluding hydrogens is 598 g/mol. The van der Waals surface area contributed by atoms with E-state index in [9.17, 15) is 19.5 Å². The third-order valence-corrected chi connectivity index (χ3v) is 8.37. The largest absolute Gasteiger partial charge is 0.508 e. The van der Waals surface area contributed by atoms with E-state index in [-0.39, 0.29) is 17.4 Å². The van der Waals surface area contributed by atoms with Gasteiger partial charge in [-0.1, -0.05) is 48.9 Å². The smallest absolute Gasteiger partial charge is 0.272 e. The molecule has 8 nitrogen and oxygen atoms in total. The molecule has 226 valence electrons. The van der Waals surface area contributed by atoms with E-state index in [1.54, 1.807) is 66.7 Å². The summed E-state index contributed by atoms with van der Waals surface area (Å²) in [5, 5.41) is 18.5. The fraction of sp³-hybridized carbons (Fsp3) is 0.147. The average molecular weight is 630 g/mol. The molecule has 1 unspecified atom stereocenters. The number of ether oxygens (including phenoxy) is 1. The van der Waals surface area contributed by atoms with Crippen molar-refractivity contribution in [3.05, 3.63) is 118 Å². The molecule has 4 aromatic carbocycles. The Morgan fingerprint density at radius 2 is 1.70 bits per heavy atom. The van der Waals surface area contributed by atoms with Crippen LogP contribution in [0.1, 0.15) is 34.8 Å². The first-order chi connectivity index (χ1) is 21.2. The van der Waals surface area contributed by atoms with E-state index < -0.39 is 17.1 Å². The highest BCUT2D eigenvalue weighted by Gasteiger charge is 2.20. The number of benzene rings is 4. The summed E-state index contributed by atoms with van der Waals surface area (Å²) in [5.41, 5.74) is 2.73. The Bertz CT molecular complexity index is 1690. The zero-order valence-electron chi connectivity index (χ0n) is 24.4. The van der Waals surface area contributed by atoms with Gasteiger partial charge in [0.15, 0.2) is 0 Å². The van der Waals surface area contributed by atoms with Gasteiger partial charge >= 0.3 is 0 Å². The number of hydrogen-bond acceptors (Lipinski definition) is 6. The number of phenolic OH excluding ortho intramolecular Hbond substituents is 1. The first-order valence-corrected chi connectivity index (χ1v) is 15.0. The number of aromatic hydroxyl groups is 1. The zero-order valence-corrected chi connectivity index (χ0v) is 26.0. The van der Waals surface area contributed by atoms with Crippen LogP contribution < -0.4 is 20.7 Å². The summed E-state index contributed by atoms with van der Waals surface area (Å²) in [6.45, 7) is 3.78. The number of rotatable bonds is 11. The Hall–Kier alpha value is -4.73. The van der Waals surface area contributed by atoms with Crippen molar-refractivity contribution in [2.45, 2.75) is 30.4 Å². The third kappa shape index (κ3) is 8.43. The van der Waals surface area contributed by atoms with Crippen LogP contribution in [0.2, 0.25) is 5.02 Å². The molecule has 0 fully saturated rings. The standard InChI is InChI=1S/C34H32ClN3O5S/c1-4-31(34(42)37-28-15-9-14-27(35)21(28)2)44-26-13-8-12-24(19-26)36-33(41)29(38-32(40)22-10-6-5-7-11-22)18-23-16-17-25(39)20-30(23)43-3/h5-20,31,39H,4H2,1-3H3,(H,36,41)(H,37,42)(H,38,40)/b29-18+. The highest BCUT2D eigenvalue weighted by atomic mass is 35.5. The van der Waals surface area contributed by atoms with E-state index in [1.165, 1.54) is 37.1 Å². The minimum Gasteiger partial charge on any atom is -0.508 e. The van der Waals surface area contributed by atoms with Crippen molar-refractivity contribution in [2.75, 3.05) is 17.7 Å². The number of phenols is 1. The lowest BCUT2D eigenvalue weighted by atomic mass is 10.1. The monoisotopic (exact) mass is 629 g/mol. The third-order valence-electron chi connectivity index (χ3n) is 6.60. The summed E-state index contributed by atoms with van der Waals surface area (Å²) in [6.07, 6.45) is 2.04. The minimum absolute atomic E-state index is 0.00518. The Morgan fingerprint density at radius 1 is 0.955 bits per heavy atom. The summed E-state index contributed by atoms with van der Waals surface area (Å²) in [6, 6.07) is 25.4. The molecule has 0 bridgehead atoms. The van der Waals surface area contributed by atoms with E-state index in [0.717, 1.165) is 10.5 Å². The molecule has 0 aliphatic heterocycles. The second-order valence-corrected chi connectivity index (χ2v) is 11.4. The van der Waals surface area contributed by atoms with Crippen molar-refractivity contribution in [1.29, 1.82) is 0 Å². The van der Waals surface area contributed by atoms with Crippen molar-refractivity contribution in [1.82, 2.24) is 5.32 Å². The predicted molar refractivity (Wildman–Crippen MR) is 176 cm³/mol. The second-order valence-electron chi connectivity index (χ2n) is 9.70. The quantitative estimate of drug-likeness (QED) is 0.102. The number of nitrogens with one attached hydrogen (secondary N) is 3. The number of carbonyl (C=O) groups is 3. The van der Waals surface area contributed by atoms with Gasteiger partial charge in [0.05, 0.1) is 12.4 Å². The van der Waals surface area contributed by atoms with E-state index in [0.29, 0.717) is 39.7 Å². The lowest BCUT2D eigenvalue weighted by Crippen LogP contribution is -2.30. The van der Waals surface area contributed by atoms with Gasteiger partial charge in [0.25, 0.3) is 11.8 Å². The number of methoxy groups -OCH3 is 1. The van der Waals surface area contributed by atoms with Crippen molar-refractivity contribution in [3.63, 3.8) is 0 Å². The molecule has 0 aliphatic carbocycles. The van der Waals surface area contributed by atoms with Crippen LogP contribution in [0.3, 0.4) is 0 Å². The molecule has 0 aliphatic rings. The molecule has 0 spiro atoms. The second kappa shape index (κ2) is 15.1. The zero-order chi connectivity index (χ0) is 31.6. The lowest BCUT2D eigenvalue weighted by Gasteiger charge is -2.17. The predicted octanol–water partition coefficient (Wildman–Crippen LogP) is 7.28. The lowest BCUT2D eigenvalue weighted by molar-refractivity contribution is -0.116. The van der Waals surface area contributed by atoms with Gasteiger partial charge in [-0.3, -0.25) is 14.4 Å². The molecule has 0 saturated heterocycles. The van der Waals surface area contributed by atoms with Crippen LogP contribution in [-0.2, 0) is 9.59 Å². The molecule has 4 rings (SSSR count). The molecule has 0 saturated carbocycles. The molecule has 10 heteroatoms. The van der Waals surface area contributed by atoms with Crippen LogP contribution in [0.4, 0.5) is 11.4 Å². The van der Waals surface area contributed by atoms with Gasteiger partial charge in [-0.15, -0.1) is 11.8 Å². The number of hydrogen-bond donors (Lipinski definition) is 4. The highest BCUT2D eigenvalue weighted by Crippen LogP contribution is 2.30. The molecular formula is C34H32ClN3O5S. The van der Waals surface area contributed by atoms with Gasteiger partial charge in [0, 0.05) is 38.5 Å². The number of anilines is 2. The summed E-state index contributed by atoms with van der Waals surface area (Å²) in [7, 11) is 1.44. The molecule has 0 aromatic heterocycles. The van der Waals surface area contributed by atoms with Crippen molar-refractivity contribution in [2.24, 2.45) is 0 Å². The summed E-state index contributed by atoms with van der Waals surface area (Å²) in [4.78, 5) is 40.4. The Kier molecular flexibility index (Phi) is 11.1. The highest BCUT2D eigenvalue weighted by molar-refractivity contribution is 8.00. The summed E-state index contributed by atoms with van der Waals surface area (Å²) < 4.78 is 5.36. The fourth-order valence-corrected chi connectivity index (χ4v) is 5.39. The van der Waals surface area contributed by atoms with Crippen molar-refractivity contribution >= 4 is 58.5 Å². The molecule has 0 heterocycles. The van der Waals surface area contributed by atoms with Gasteiger partial charge in [0.2, 0.25) is 5.91 Å². The van der Waals surface area contributed by atoms with Crippen molar-refractivity contribution < 1.29 is 24.2 Å². The van der Waals surface area contributed by atoms with Crippen LogP contribution in [0.15, 0.2) is 102 Å². The molecule has 1 atom stereocenters. The first kappa shape index (κ1) is 32.2. The van der Waals surface area contributed by atoms with Gasteiger partial charge in [-0.05, 0) is 79.6 Å². The molecule has 44 heavy (non-hydrogen) atoms. The number of carbonyl (C=O) groups excluding carboxylic acids is 3. The van der Waals surface area contributed by atoms with Gasteiger partial charge < -0.3 is 25.8 Å². The van der Waals surface area contributed by atoms with Crippen LogP contribution >= 0.6 is 23.4 Å². The van der Waals surface area contributed by atoms with E-state index in [2.05, 4.69) is 16.0 Å². The normalized spacial score (nSPS) is 11.8.